The number of nitrogens with zero attached hydrogens (tertiary/aromatic N) is 1. The standard InChI is InChI=1S/C18H21NO2/c19-12-13-5-9-17(10-6-13)21-18(20)16-8-7-14-3-1-2-4-15(14)11-16/h5-6,9-10,14-16H,1-4,7-8,11H2. The number of carbonyl (C=O) groups excluding carboxylic acids is 1. The van der Waals surface area contributed by atoms with Gasteiger partial charge in [-0.25, -0.2) is 0 Å². The highest BCUT2D eigenvalue weighted by Crippen LogP contribution is 2.43. The molecule has 1 aromatic rings. The number of fused-ring (bicyclic) bond motifs is 1. The second-order valence-electron chi connectivity index (χ2n) is 6.37. The Balaban J connectivity index is 1.59. The van der Waals surface area contributed by atoms with Crippen molar-refractivity contribution in [1.29, 1.82) is 5.26 Å². The van der Waals surface area contributed by atoms with Crippen molar-refractivity contribution in [2.24, 2.45) is 17.8 Å². The highest BCUT2D eigenvalue weighted by Gasteiger charge is 2.35. The van der Waals surface area contributed by atoms with Crippen LogP contribution in [0.15, 0.2) is 24.3 Å². The Labute approximate surface area is 125 Å². The molecule has 0 N–H and O–H groups in total. The van der Waals surface area contributed by atoms with Crippen molar-refractivity contribution < 1.29 is 9.53 Å². The molecule has 2 aliphatic carbocycles. The summed E-state index contributed by atoms with van der Waals surface area (Å²) >= 11 is 0. The number of hydrogen-bond acceptors (Lipinski definition) is 3. The van der Waals surface area contributed by atoms with Gasteiger partial charge in [-0.2, -0.15) is 5.26 Å². The zero-order valence-electron chi connectivity index (χ0n) is 12.3. The molecular formula is C18H21NO2. The summed E-state index contributed by atoms with van der Waals surface area (Å²) in [5, 5.41) is 8.77. The van der Waals surface area contributed by atoms with Gasteiger partial charge in [-0.15, -0.1) is 0 Å². The molecule has 2 saturated carbocycles. The van der Waals surface area contributed by atoms with Crippen LogP contribution in [0.4, 0.5) is 0 Å². The average molecular weight is 283 g/mol. The molecule has 0 amide bonds. The van der Waals surface area contributed by atoms with Gasteiger partial charge in [0.25, 0.3) is 0 Å². The third-order valence-corrected chi connectivity index (χ3v) is 5.07. The van der Waals surface area contributed by atoms with Crippen LogP contribution in [0, 0.1) is 29.1 Å². The fraction of sp³-hybridized carbons (Fsp3) is 0.556. The zero-order chi connectivity index (χ0) is 14.7. The second kappa shape index (κ2) is 6.30. The summed E-state index contributed by atoms with van der Waals surface area (Å²) < 4.78 is 5.48. The first-order valence-corrected chi connectivity index (χ1v) is 7.98. The lowest BCUT2D eigenvalue weighted by Crippen LogP contribution is -2.33. The number of hydrogen-bond donors (Lipinski definition) is 0. The maximum atomic E-state index is 12.3. The number of rotatable bonds is 2. The second-order valence-corrected chi connectivity index (χ2v) is 6.37. The summed E-state index contributed by atoms with van der Waals surface area (Å²) in [7, 11) is 0. The molecule has 3 nitrogen and oxygen atoms in total. The van der Waals surface area contributed by atoms with Crippen molar-refractivity contribution in [3.63, 3.8) is 0 Å². The SMILES string of the molecule is N#Cc1ccc(OC(=O)C2CCC3CCCCC3C2)cc1. The van der Waals surface area contributed by atoms with E-state index in [0.717, 1.165) is 24.7 Å². The van der Waals surface area contributed by atoms with E-state index in [-0.39, 0.29) is 11.9 Å². The van der Waals surface area contributed by atoms with Crippen molar-refractivity contribution in [2.45, 2.75) is 44.9 Å². The van der Waals surface area contributed by atoms with Crippen LogP contribution in [-0.2, 0) is 4.79 Å². The van der Waals surface area contributed by atoms with Crippen LogP contribution >= 0.6 is 0 Å². The summed E-state index contributed by atoms with van der Waals surface area (Å²) in [6.45, 7) is 0. The van der Waals surface area contributed by atoms with Gasteiger partial charge in [0.05, 0.1) is 17.6 Å². The molecule has 2 fully saturated rings. The number of benzene rings is 1. The Bertz CT molecular complexity index is 543. The van der Waals surface area contributed by atoms with Gasteiger partial charge < -0.3 is 4.74 Å². The largest absolute Gasteiger partial charge is 0.426 e. The first-order valence-electron chi connectivity index (χ1n) is 7.98. The summed E-state index contributed by atoms with van der Waals surface area (Å²) in [4.78, 5) is 12.3. The Morgan fingerprint density at radius 2 is 1.76 bits per heavy atom. The molecule has 0 saturated heterocycles. The third kappa shape index (κ3) is 3.26. The van der Waals surface area contributed by atoms with Gasteiger partial charge >= 0.3 is 5.97 Å². The molecule has 110 valence electrons. The van der Waals surface area contributed by atoms with E-state index in [1.165, 1.54) is 32.1 Å². The maximum Gasteiger partial charge on any atom is 0.314 e. The fourth-order valence-corrected chi connectivity index (χ4v) is 3.88. The Hall–Kier alpha value is -1.82. The van der Waals surface area contributed by atoms with Gasteiger partial charge in [0, 0.05) is 0 Å². The molecule has 3 atom stereocenters. The molecule has 0 bridgehead atoms. The summed E-state index contributed by atoms with van der Waals surface area (Å²) in [5.41, 5.74) is 0.581. The number of esters is 1. The normalized spacial score (nSPS) is 28.2. The minimum atomic E-state index is -0.0938. The summed E-state index contributed by atoms with van der Waals surface area (Å²) in [6.07, 6.45) is 8.46. The van der Waals surface area contributed by atoms with Gasteiger partial charge in [-0.3, -0.25) is 4.79 Å². The van der Waals surface area contributed by atoms with E-state index in [1.54, 1.807) is 24.3 Å². The molecule has 0 aliphatic heterocycles. The quantitative estimate of drug-likeness (QED) is 0.607. The van der Waals surface area contributed by atoms with E-state index in [0.29, 0.717) is 11.3 Å². The van der Waals surface area contributed by atoms with Gasteiger partial charge in [-0.05, 0) is 55.4 Å². The molecule has 3 unspecified atom stereocenters. The van der Waals surface area contributed by atoms with Crippen LogP contribution in [0.5, 0.6) is 5.75 Å². The molecule has 0 radical (unpaired) electrons. The van der Waals surface area contributed by atoms with Gasteiger partial charge in [0.2, 0.25) is 0 Å². The maximum absolute atomic E-state index is 12.3. The zero-order valence-corrected chi connectivity index (χ0v) is 12.3. The fourth-order valence-electron chi connectivity index (χ4n) is 3.88. The van der Waals surface area contributed by atoms with Crippen LogP contribution < -0.4 is 4.74 Å². The molecule has 1 aromatic carbocycles. The van der Waals surface area contributed by atoms with Gasteiger partial charge in [-0.1, -0.05) is 25.7 Å². The number of carbonyl (C=O) groups is 1. The van der Waals surface area contributed by atoms with Gasteiger partial charge in [0.15, 0.2) is 0 Å². The van der Waals surface area contributed by atoms with Crippen LogP contribution in [0.25, 0.3) is 0 Å². The predicted octanol–water partition coefficient (Wildman–Crippen LogP) is 4.07. The van der Waals surface area contributed by atoms with Gasteiger partial charge in [0.1, 0.15) is 5.75 Å². The van der Waals surface area contributed by atoms with Crippen LogP contribution in [-0.4, -0.2) is 5.97 Å². The highest BCUT2D eigenvalue weighted by molar-refractivity contribution is 5.75. The van der Waals surface area contributed by atoms with E-state index in [9.17, 15) is 4.79 Å². The van der Waals surface area contributed by atoms with Crippen molar-refractivity contribution in [1.82, 2.24) is 0 Å². The predicted molar refractivity (Wildman–Crippen MR) is 79.6 cm³/mol. The number of ether oxygens (including phenoxy) is 1. The minimum Gasteiger partial charge on any atom is -0.426 e. The molecule has 0 heterocycles. The Kier molecular flexibility index (Phi) is 4.24. The average Bonchev–Trinajstić information content (AvgIpc) is 2.55. The molecule has 0 spiro atoms. The molecular weight excluding hydrogens is 262 g/mol. The smallest absolute Gasteiger partial charge is 0.314 e. The van der Waals surface area contributed by atoms with Crippen LogP contribution in [0.2, 0.25) is 0 Å². The summed E-state index contributed by atoms with van der Waals surface area (Å²) in [6, 6.07) is 8.82. The van der Waals surface area contributed by atoms with E-state index >= 15 is 0 Å². The monoisotopic (exact) mass is 283 g/mol. The number of nitriles is 1. The van der Waals surface area contributed by atoms with E-state index in [4.69, 9.17) is 10.00 Å². The van der Waals surface area contributed by atoms with Crippen molar-refractivity contribution in [2.75, 3.05) is 0 Å². The van der Waals surface area contributed by atoms with Crippen molar-refractivity contribution in [3.8, 4) is 11.8 Å². The Morgan fingerprint density at radius 3 is 2.48 bits per heavy atom. The molecule has 2 aliphatic rings. The summed E-state index contributed by atoms with van der Waals surface area (Å²) in [5.74, 6) is 2.08. The van der Waals surface area contributed by atoms with Crippen LogP contribution in [0.3, 0.4) is 0 Å². The van der Waals surface area contributed by atoms with Crippen molar-refractivity contribution in [3.05, 3.63) is 29.8 Å². The lowest BCUT2D eigenvalue weighted by Gasteiger charge is -2.38. The van der Waals surface area contributed by atoms with E-state index in [2.05, 4.69) is 6.07 Å². The lowest BCUT2D eigenvalue weighted by atomic mass is 9.67. The first-order chi connectivity index (χ1) is 10.3. The first kappa shape index (κ1) is 14.1. The molecule has 3 rings (SSSR count). The topological polar surface area (TPSA) is 50.1 Å². The third-order valence-electron chi connectivity index (χ3n) is 5.07. The minimum absolute atomic E-state index is 0.0555. The molecule has 0 aromatic heterocycles. The van der Waals surface area contributed by atoms with Crippen LogP contribution in [0.1, 0.15) is 50.5 Å². The van der Waals surface area contributed by atoms with E-state index in [1.807, 2.05) is 0 Å². The van der Waals surface area contributed by atoms with E-state index < -0.39 is 0 Å². The van der Waals surface area contributed by atoms with Crippen molar-refractivity contribution >= 4 is 5.97 Å². The molecule has 21 heavy (non-hydrogen) atoms. The Morgan fingerprint density at radius 1 is 1.05 bits per heavy atom. The highest BCUT2D eigenvalue weighted by atomic mass is 16.5. The lowest BCUT2D eigenvalue weighted by molar-refractivity contribution is -0.141. The molecule has 3 heteroatoms.